The van der Waals surface area contributed by atoms with Crippen LogP contribution in [0.15, 0.2) is 36.4 Å². The Balaban J connectivity index is 1.48. The third kappa shape index (κ3) is 9.35. The van der Waals surface area contributed by atoms with E-state index in [0.717, 1.165) is 98.9 Å². The van der Waals surface area contributed by atoms with E-state index in [1.54, 1.807) is 9.80 Å². The second kappa shape index (κ2) is 18.9. The van der Waals surface area contributed by atoms with Gasteiger partial charge in [0.1, 0.15) is 12.1 Å². The number of fused-ring (bicyclic) bond motifs is 1. The van der Waals surface area contributed by atoms with Crippen molar-refractivity contribution in [2.45, 2.75) is 129 Å². The van der Waals surface area contributed by atoms with Crippen LogP contribution in [0.2, 0.25) is 0 Å². The van der Waals surface area contributed by atoms with Crippen molar-refractivity contribution in [3.63, 3.8) is 0 Å². The van der Waals surface area contributed by atoms with Gasteiger partial charge < -0.3 is 21.3 Å². The molecule has 0 aromatic heterocycles. The standard InChI is InChI=1S/C38H58N6O4/c1-3-5-7-13-23-41-35(45)33(15-9-11-21-39)43(37(41)47)27-29-17-19-32-26-30(18-20-31(32)25-29)28-44-34(16-10-12-22-40)36(46)42(38(44)48)24-14-8-6-4-2/h17-20,25-26,33-34H,3-16,21-24,27-28,39-40H2,1-2H3/t33-,34-/m0/s1. The molecule has 2 aromatic rings. The van der Waals surface area contributed by atoms with Crippen LogP contribution in [0.3, 0.4) is 0 Å². The Labute approximate surface area is 287 Å². The second-order valence-electron chi connectivity index (χ2n) is 13.5. The number of carbonyl (C=O) groups excluding carboxylic acids is 4. The molecule has 6 amide bonds. The third-order valence-corrected chi connectivity index (χ3v) is 9.82. The minimum atomic E-state index is -0.460. The number of carbonyl (C=O) groups is 4. The number of unbranched alkanes of at least 4 members (excludes halogenated alkanes) is 8. The zero-order valence-electron chi connectivity index (χ0n) is 29.3. The Hall–Kier alpha value is -3.50. The molecule has 4 N–H and O–H groups in total. The van der Waals surface area contributed by atoms with Crippen LogP contribution in [-0.2, 0) is 22.7 Å². The lowest BCUT2D eigenvalue weighted by Gasteiger charge is -2.23. The van der Waals surface area contributed by atoms with Gasteiger partial charge in [-0.05, 0) is 98.5 Å². The van der Waals surface area contributed by atoms with E-state index in [1.165, 1.54) is 9.80 Å². The van der Waals surface area contributed by atoms with Crippen molar-refractivity contribution in [1.82, 2.24) is 19.6 Å². The van der Waals surface area contributed by atoms with E-state index in [-0.39, 0.29) is 23.9 Å². The van der Waals surface area contributed by atoms with E-state index in [1.807, 2.05) is 24.3 Å². The summed E-state index contributed by atoms with van der Waals surface area (Å²) in [5.74, 6) is -0.176. The summed E-state index contributed by atoms with van der Waals surface area (Å²) in [5, 5.41) is 2.04. The monoisotopic (exact) mass is 662 g/mol. The number of urea groups is 2. The van der Waals surface area contributed by atoms with Gasteiger partial charge in [0.2, 0.25) is 0 Å². The summed E-state index contributed by atoms with van der Waals surface area (Å²) < 4.78 is 0. The lowest BCUT2D eigenvalue weighted by Crippen LogP contribution is -2.35. The number of hydrogen-bond acceptors (Lipinski definition) is 6. The van der Waals surface area contributed by atoms with Crippen molar-refractivity contribution in [3.8, 4) is 0 Å². The predicted octanol–water partition coefficient (Wildman–Crippen LogP) is 6.52. The molecule has 2 aromatic carbocycles. The summed E-state index contributed by atoms with van der Waals surface area (Å²) in [7, 11) is 0. The summed E-state index contributed by atoms with van der Waals surface area (Å²) >= 11 is 0. The lowest BCUT2D eigenvalue weighted by molar-refractivity contribution is -0.129. The molecule has 0 saturated carbocycles. The van der Waals surface area contributed by atoms with Gasteiger partial charge in [-0.2, -0.15) is 0 Å². The predicted molar refractivity (Wildman–Crippen MR) is 191 cm³/mol. The Bertz CT molecular complexity index is 1280. The van der Waals surface area contributed by atoms with E-state index in [9.17, 15) is 19.2 Å². The zero-order chi connectivity index (χ0) is 34.5. The maximum absolute atomic E-state index is 13.5. The van der Waals surface area contributed by atoms with Crippen LogP contribution in [0.25, 0.3) is 10.8 Å². The van der Waals surface area contributed by atoms with Crippen LogP contribution in [0.4, 0.5) is 9.59 Å². The van der Waals surface area contributed by atoms with Gasteiger partial charge in [0.25, 0.3) is 11.8 Å². The van der Waals surface area contributed by atoms with Crippen molar-refractivity contribution in [2.75, 3.05) is 26.2 Å². The van der Waals surface area contributed by atoms with E-state index < -0.39 is 12.1 Å². The quantitative estimate of drug-likeness (QED) is 0.109. The highest BCUT2D eigenvalue weighted by Gasteiger charge is 2.45. The highest BCUT2D eigenvalue weighted by Crippen LogP contribution is 2.29. The van der Waals surface area contributed by atoms with Gasteiger partial charge in [0.15, 0.2) is 0 Å². The number of benzene rings is 2. The minimum Gasteiger partial charge on any atom is -0.330 e. The van der Waals surface area contributed by atoms with Crippen LogP contribution in [0.1, 0.15) is 115 Å². The molecular weight excluding hydrogens is 604 g/mol. The van der Waals surface area contributed by atoms with Gasteiger partial charge in [-0.3, -0.25) is 19.4 Å². The van der Waals surface area contributed by atoms with Crippen molar-refractivity contribution < 1.29 is 19.2 Å². The molecule has 10 nitrogen and oxygen atoms in total. The van der Waals surface area contributed by atoms with Crippen molar-refractivity contribution in [3.05, 3.63) is 47.5 Å². The van der Waals surface area contributed by atoms with E-state index in [2.05, 4.69) is 26.0 Å². The molecule has 48 heavy (non-hydrogen) atoms. The highest BCUT2D eigenvalue weighted by molar-refractivity contribution is 6.05. The molecule has 4 rings (SSSR count). The van der Waals surface area contributed by atoms with E-state index in [4.69, 9.17) is 11.5 Å². The van der Waals surface area contributed by atoms with Crippen LogP contribution in [0.5, 0.6) is 0 Å². The topological polar surface area (TPSA) is 133 Å². The second-order valence-corrected chi connectivity index (χ2v) is 13.5. The molecular formula is C38H58N6O4. The van der Waals surface area contributed by atoms with Crippen LogP contribution < -0.4 is 11.5 Å². The van der Waals surface area contributed by atoms with E-state index in [0.29, 0.717) is 52.1 Å². The molecule has 2 fully saturated rings. The molecule has 0 spiro atoms. The van der Waals surface area contributed by atoms with Crippen molar-refractivity contribution in [1.29, 1.82) is 0 Å². The van der Waals surface area contributed by atoms with Gasteiger partial charge in [-0.1, -0.05) is 76.6 Å². The van der Waals surface area contributed by atoms with E-state index >= 15 is 0 Å². The smallest absolute Gasteiger partial charge is 0.327 e. The van der Waals surface area contributed by atoms with Crippen LogP contribution in [0, 0.1) is 0 Å². The van der Waals surface area contributed by atoms with Gasteiger partial charge in [-0.25, -0.2) is 9.59 Å². The zero-order valence-corrected chi connectivity index (χ0v) is 29.3. The molecule has 0 aliphatic carbocycles. The molecule has 2 heterocycles. The number of amides is 6. The SMILES string of the molecule is CCCCCCN1C(=O)[C@H](CCCCN)N(Cc2ccc3cc(CN4C(=O)N(CCCCCC)C(=O)[C@@H]4CCCCN)ccc3c2)C1=O. The fourth-order valence-corrected chi connectivity index (χ4v) is 7.01. The average Bonchev–Trinajstić information content (AvgIpc) is 3.44. The Kier molecular flexibility index (Phi) is 14.7. The van der Waals surface area contributed by atoms with Crippen LogP contribution >= 0.6 is 0 Å². The van der Waals surface area contributed by atoms with Crippen LogP contribution in [-0.4, -0.2) is 81.7 Å². The fourth-order valence-electron chi connectivity index (χ4n) is 7.01. The first-order valence-electron chi connectivity index (χ1n) is 18.5. The molecule has 2 saturated heterocycles. The molecule has 2 aliphatic rings. The Morgan fingerprint density at radius 3 is 1.33 bits per heavy atom. The summed E-state index contributed by atoms with van der Waals surface area (Å²) in [5.41, 5.74) is 13.4. The summed E-state index contributed by atoms with van der Waals surface area (Å²) in [6.07, 6.45) is 12.5. The first kappa shape index (κ1) is 37.3. The molecule has 2 aliphatic heterocycles. The number of rotatable bonds is 22. The van der Waals surface area contributed by atoms with Gasteiger partial charge >= 0.3 is 12.1 Å². The molecule has 0 bridgehead atoms. The third-order valence-electron chi connectivity index (χ3n) is 9.82. The number of hydrogen-bond donors (Lipinski definition) is 2. The summed E-state index contributed by atoms with van der Waals surface area (Å²) in [4.78, 5) is 60.2. The van der Waals surface area contributed by atoms with Crippen molar-refractivity contribution in [2.24, 2.45) is 11.5 Å². The first-order chi connectivity index (χ1) is 23.3. The Morgan fingerprint density at radius 1 is 0.542 bits per heavy atom. The molecule has 10 heteroatoms. The summed E-state index contributed by atoms with van der Waals surface area (Å²) in [6.45, 7) is 7.09. The number of nitrogens with two attached hydrogens (primary N) is 2. The van der Waals surface area contributed by atoms with Gasteiger partial charge in [0.05, 0.1) is 0 Å². The molecule has 2 atom stereocenters. The largest absolute Gasteiger partial charge is 0.330 e. The lowest BCUT2D eigenvalue weighted by atomic mass is 10.0. The first-order valence-corrected chi connectivity index (χ1v) is 18.5. The maximum Gasteiger partial charge on any atom is 0.327 e. The molecule has 0 radical (unpaired) electrons. The molecule has 264 valence electrons. The highest BCUT2D eigenvalue weighted by atomic mass is 16.2. The average molecular weight is 663 g/mol. The Morgan fingerprint density at radius 2 is 0.958 bits per heavy atom. The maximum atomic E-state index is 13.5. The van der Waals surface area contributed by atoms with Crippen molar-refractivity contribution >= 4 is 34.6 Å². The number of imide groups is 2. The normalized spacial score (nSPS) is 18.4. The minimum absolute atomic E-state index is 0.0882. The summed E-state index contributed by atoms with van der Waals surface area (Å²) in [6, 6.07) is 11.0. The fraction of sp³-hybridized carbons (Fsp3) is 0.632. The van der Waals surface area contributed by atoms with Gasteiger partial charge in [0, 0.05) is 26.2 Å². The van der Waals surface area contributed by atoms with Gasteiger partial charge in [-0.15, -0.1) is 0 Å². The molecule has 0 unspecified atom stereocenters. The number of nitrogens with zero attached hydrogens (tertiary/aromatic N) is 4.